The SMILES string of the molecule is CCN(CCOC)C(N)=NC(C)C. The summed E-state index contributed by atoms with van der Waals surface area (Å²) in [6, 6.07) is 0.247. The summed E-state index contributed by atoms with van der Waals surface area (Å²) in [6.45, 7) is 8.43. The number of ether oxygens (including phenoxy) is 1. The van der Waals surface area contributed by atoms with Gasteiger partial charge in [0.2, 0.25) is 0 Å². The van der Waals surface area contributed by atoms with Crippen molar-refractivity contribution in [3.05, 3.63) is 0 Å². The summed E-state index contributed by atoms with van der Waals surface area (Å²) in [5, 5.41) is 0. The highest BCUT2D eigenvalue weighted by molar-refractivity contribution is 5.78. The van der Waals surface area contributed by atoms with E-state index in [1.54, 1.807) is 7.11 Å². The van der Waals surface area contributed by atoms with Gasteiger partial charge < -0.3 is 15.4 Å². The maximum Gasteiger partial charge on any atom is 0.191 e. The Balaban J connectivity index is 4.06. The highest BCUT2D eigenvalue weighted by Crippen LogP contribution is 1.92. The first-order valence-corrected chi connectivity index (χ1v) is 4.69. The van der Waals surface area contributed by atoms with Crippen LogP contribution < -0.4 is 5.73 Å². The summed E-state index contributed by atoms with van der Waals surface area (Å²) in [6.07, 6.45) is 0. The number of rotatable bonds is 5. The molecule has 78 valence electrons. The zero-order chi connectivity index (χ0) is 10.3. The van der Waals surface area contributed by atoms with Crippen LogP contribution in [-0.2, 0) is 4.74 Å². The third-order valence-corrected chi connectivity index (χ3v) is 1.66. The fraction of sp³-hybridized carbons (Fsp3) is 0.889. The predicted octanol–water partition coefficient (Wildman–Crippen LogP) is 0.678. The summed E-state index contributed by atoms with van der Waals surface area (Å²) in [5.41, 5.74) is 5.79. The zero-order valence-corrected chi connectivity index (χ0v) is 9.08. The Kier molecular flexibility index (Phi) is 6.32. The van der Waals surface area contributed by atoms with Crippen molar-refractivity contribution < 1.29 is 4.74 Å². The van der Waals surface area contributed by atoms with Crippen LogP contribution in [0.4, 0.5) is 0 Å². The van der Waals surface area contributed by atoms with Crippen molar-refractivity contribution in [2.24, 2.45) is 10.7 Å². The molecule has 0 atom stereocenters. The highest BCUT2D eigenvalue weighted by atomic mass is 16.5. The lowest BCUT2D eigenvalue weighted by atomic mass is 10.4. The van der Waals surface area contributed by atoms with Crippen molar-refractivity contribution in [1.82, 2.24) is 4.90 Å². The van der Waals surface area contributed by atoms with Crippen LogP contribution in [0.3, 0.4) is 0 Å². The van der Waals surface area contributed by atoms with E-state index in [4.69, 9.17) is 10.5 Å². The Morgan fingerprint density at radius 2 is 2.15 bits per heavy atom. The Morgan fingerprint density at radius 3 is 2.54 bits per heavy atom. The number of hydrogen-bond acceptors (Lipinski definition) is 2. The van der Waals surface area contributed by atoms with E-state index < -0.39 is 0 Å². The molecule has 0 aromatic carbocycles. The van der Waals surface area contributed by atoms with Gasteiger partial charge >= 0.3 is 0 Å². The molecular formula is C9H21N3O. The van der Waals surface area contributed by atoms with Gasteiger partial charge in [0.05, 0.1) is 6.61 Å². The lowest BCUT2D eigenvalue weighted by Gasteiger charge is -2.21. The standard InChI is InChI=1S/C9H21N3O/c1-5-12(6-7-13-4)9(10)11-8(2)3/h8H,5-7H2,1-4H3,(H2,10,11). The van der Waals surface area contributed by atoms with Crippen LogP contribution in [0.1, 0.15) is 20.8 Å². The van der Waals surface area contributed by atoms with Crippen molar-refractivity contribution in [1.29, 1.82) is 0 Å². The van der Waals surface area contributed by atoms with E-state index in [2.05, 4.69) is 11.9 Å². The molecule has 4 nitrogen and oxygen atoms in total. The van der Waals surface area contributed by atoms with Crippen molar-refractivity contribution in [3.63, 3.8) is 0 Å². The Hall–Kier alpha value is -0.770. The van der Waals surface area contributed by atoms with Gasteiger partial charge in [-0.3, -0.25) is 4.99 Å². The van der Waals surface area contributed by atoms with E-state index in [1.165, 1.54) is 0 Å². The molecule has 0 aromatic rings. The summed E-state index contributed by atoms with van der Waals surface area (Å²) in [7, 11) is 1.68. The second-order valence-electron chi connectivity index (χ2n) is 3.15. The average Bonchev–Trinajstić information content (AvgIpc) is 2.04. The molecular weight excluding hydrogens is 166 g/mol. The number of nitrogens with two attached hydrogens (primary N) is 1. The monoisotopic (exact) mass is 187 g/mol. The van der Waals surface area contributed by atoms with E-state index >= 15 is 0 Å². The van der Waals surface area contributed by atoms with Gasteiger partial charge in [-0.1, -0.05) is 0 Å². The maximum absolute atomic E-state index is 5.79. The second-order valence-corrected chi connectivity index (χ2v) is 3.15. The van der Waals surface area contributed by atoms with Gasteiger partial charge in [-0.25, -0.2) is 0 Å². The molecule has 13 heavy (non-hydrogen) atoms. The summed E-state index contributed by atoms with van der Waals surface area (Å²) in [4.78, 5) is 6.27. The molecule has 0 fully saturated rings. The third kappa shape index (κ3) is 5.47. The summed E-state index contributed by atoms with van der Waals surface area (Å²) in [5.74, 6) is 0.606. The number of aliphatic imine (C=N–C) groups is 1. The predicted molar refractivity (Wildman–Crippen MR) is 55.9 cm³/mol. The lowest BCUT2D eigenvalue weighted by molar-refractivity contribution is 0.177. The van der Waals surface area contributed by atoms with Crippen LogP contribution in [0.2, 0.25) is 0 Å². The molecule has 0 aliphatic rings. The van der Waals surface area contributed by atoms with E-state index in [0.29, 0.717) is 12.6 Å². The quantitative estimate of drug-likeness (QED) is 0.508. The topological polar surface area (TPSA) is 50.9 Å². The van der Waals surface area contributed by atoms with Gasteiger partial charge in [-0.05, 0) is 20.8 Å². The zero-order valence-electron chi connectivity index (χ0n) is 9.08. The molecule has 0 bridgehead atoms. The molecule has 0 spiro atoms. The minimum Gasteiger partial charge on any atom is -0.383 e. The normalized spacial score (nSPS) is 12.2. The number of guanidine groups is 1. The smallest absolute Gasteiger partial charge is 0.191 e. The van der Waals surface area contributed by atoms with E-state index in [0.717, 1.165) is 13.1 Å². The van der Waals surface area contributed by atoms with Crippen molar-refractivity contribution in [2.45, 2.75) is 26.8 Å². The number of likely N-dealkylation sites (N-methyl/N-ethyl adjacent to an activating group) is 1. The molecule has 0 aliphatic carbocycles. The third-order valence-electron chi connectivity index (χ3n) is 1.66. The molecule has 0 saturated carbocycles. The number of hydrogen-bond donors (Lipinski definition) is 1. The number of nitrogens with zero attached hydrogens (tertiary/aromatic N) is 2. The van der Waals surface area contributed by atoms with Gasteiger partial charge in [-0.15, -0.1) is 0 Å². The van der Waals surface area contributed by atoms with Gasteiger partial charge in [0.15, 0.2) is 5.96 Å². The van der Waals surface area contributed by atoms with Crippen molar-refractivity contribution >= 4 is 5.96 Å². The molecule has 4 heteroatoms. The fourth-order valence-corrected chi connectivity index (χ4v) is 0.982. The minimum absolute atomic E-state index is 0.247. The average molecular weight is 187 g/mol. The maximum atomic E-state index is 5.79. The molecule has 0 radical (unpaired) electrons. The Labute approximate surface area is 80.8 Å². The Bertz CT molecular complexity index is 157. The van der Waals surface area contributed by atoms with Gasteiger partial charge in [0.1, 0.15) is 0 Å². The molecule has 0 rings (SSSR count). The van der Waals surface area contributed by atoms with E-state index in [-0.39, 0.29) is 6.04 Å². The first kappa shape index (κ1) is 12.2. The van der Waals surface area contributed by atoms with Crippen molar-refractivity contribution in [2.75, 3.05) is 26.8 Å². The first-order chi connectivity index (χ1) is 6.11. The van der Waals surface area contributed by atoms with Crippen LogP contribution in [0.15, 0.2) is 4.99 Å². The van der Waals surface area contributed by atoms with Crippen LogP contribution in [0.25, 0.3) is 0 Å². The van der Waals surface area contributed by atoms with Gasteiger partial charge in [0, 0.05) is 26.2 Å². The highest BCUT2D eigenvalue weighted by Gasteiger charge is 2.04. The molecule has 0 aromatic heterocycles. The molecule has 0 heterocycles. The molecule has 0 aliphatic heterocycles. The first-order valence-electron chi connectivity index (χ1n) is 4.69. The summed E-state index contributed by atoms with van der Waals surface area (Å²) >= 11 is 0. The van der Waals surface area contributed by atoms with Gasteiger partial charge in [-0.2, -0.15) is 0 Å². The minimum atomic E-state index is 0.247. The largest absolute Gasteiger partial charge is 0.383 e. The molecule has 0 amide bonds. The van der Waals surface area contributed by atoms with Crippen LogP contribution in [0, 0.1) is 0 Å². The van der Waals surface area contributed by atoms with Crippen LogP contribution in [-0.4, -0.2) is 43.7 Å². The molecule has 0 saturated heterocycles. The fourth-order valence-electron chi connectivity index (χ4n) is 0.982. The van der Waals surface area contributed by atoms with Crippen LogP contribution >= 0.6 is 0 Å². The van der Waals surface area contributed by atoms with E-state index in [9.17, 15) is 0 Å². The van der Waals surface area contributed by atoms with Crippen molar-refractivity contribution in [3.8, 4) is 0 Å². The van der Waals surface area contributed by atoms with Crippen LogP contribution in [0.5, 0.6) is 0 Å². The summed E-state index contributed by atoms with van der Waals surface area (Å²) < 4.78 is 4.98. The van der Waals surface area contributed by atoms with E-state index in [1.807, 2.05) is 18.7 Å². The molecule has 2 N–H and O–H groups in total. The second kappa shape index (κ2) is 6.71. The lowest BCUT2D eigenvalue weighted by Crippen LogP contribution is -2.39. The van der Waals surface area contributed by atoms with Gasteiger partial charge in [0.25, 0.3) is 0 Å². The molecule has 0 unspecified atom stereocenters. The Morgan fingerprint density at radius 1 is 1.54 bits per heavy atom. The number of methoxy groups -OCH3 is 1.